The van der Waals surface area contributed by atoms with E-state index in [2.05, 4.69) is 5.92 Å². The van der Waals surface area contributed by atoms with Crippen LogP contribution in [0.5, 0.6) is 0 Å². The molecule has 0 atom stereocenters. The van der Waals surface area contributed by atoms with Gasteiger partial charge in [-0.05, 0) is 25.4 Å². The van der Waals surface area contributed by atoms with Gasteiger partial charge in [0, 0.05) is 0 Å². The first-order chi connectivity index (χ1) is 3.50. The van der Waals surface area contributed by atoms with E-state index in [1.165, 1.54) is 0 Å². The number of rotatable bonds is 1. The van der Waals surface area contributed by atoms with Crippen LogP contribution in [-0.4, -0.2) is 5.24 Å². The molecule has 0 amide bonds. The molecule has 0 aromatic carbocycles. The standard InChI is InChI=1S/C6H7ClO/c1-4-6(2,3)5(7)8/h1H,2-3H3. The van der Waals surface area contributed by atoms with Gasteiger partial charge in [-0.15, -0.1) is 6.42 Å². The number of carbonyl (C=O) groups excluding carboxylic acids is 1. The number of hydrogen-bond acceptors (Lipinski definition) is 1. The quantitative estimate of drug-likeness (QED) is 0.388. The van der Waals surface area contributed by atoms with Crippen molar-refractivity contribution in [2.24, 2.45) is 5.41 Å². The zero-order valence-corrected chi connectivity index (χ0v) is 5.62. The Bertz CT molecular complexity index is 141. The molecule has 0 aromatic heterocycles. The lowest BCUT2D eigenvalue weighted by Gasteiger charge is -2.08. The summed E-state index contributed by atoms with van der Waals surface area (Å²) in [4.78, 5) is 10.3. The Kier molecular flexibility index (Phi) is 2.06. The smallest absolute Gasteiger partial charge is 0.239 e. The summed E-state index contributed by atoms with van der Waals surface area (Å²) in [5.74, 6) is 2.26. The molecule has 2 heteroatoms. The number of hydrogen-bond donors (Lipinski definition) is 0. The van der Waals surface area contributed by atoms with E-state index < -0.39 is 10.7 Å². The zero-order chi connectivity index (χ0) is 6.78. The fourth-order valence-electron chi connectivity index (χ4n) is 0.0567. The van der Waals surface area contributed by atoms with Crippen LogP contribution in [0.3, 0.4) is 0 Å². The van der Waals surface area contributed by atoms with Crippen molar-refractivity contribution in [2.75, 3.05) is 0 Å². The third-order valence-corrected chi connectivity index (χ3v) is 1.32. The van der Waals surface area contributed by atoms with Crippen LogP contribution < -0.4 is 0 Å². The van der Waals surface area contributed by atoms with Crippen molar-refractivity contribution >= 4 is 16.8 Å². The monoisotopic (exact) mass is 130 g/mol. The van der Waals surface area contributed by atoms with Gasteiger partial charge in [0.25, 0.3) is 0 Å². The molecule has 0 saturated heterocycles. The van der Waals surface area contributed by atoms with Crippen LogP contribution in [0.15, 0.2) is 0 Å². The first-order valence-electron chi connectivity index (χ1n) is 2.18. The fourth-order valence-corrected chi connectivity index (χ4v) is 0.111. The molecule has 0 aliphatic heterocycles. The lowest BCUT2D eigenvalue weighted by atomic mass is 9.97. The molecule has 0 saturated carbocycles. The molecule has 8 heavy (non-hydrogen) atoms. The van der Waals surface area contributed by atoms with Crippen molar-refractivity contribution in [3.8, 4) is 12.3 Å². The van der Waals surface area contributed by atoms with Crippen molar-refractivity contribution in [2.45, 2.75) is 13.8 Å². The molecule has 0 spiro atoms. The Labute approximate surface area is 54.0 Å². The van der Waals surface area contributed by atoms with Crippen molar-refractivity contribution < 1.29 is 4.79 Å². The maximum absolute atomic E-state index is 10.3. The highest BCUT2D eigenvalue weighted by molar-refractivity contribution is 6.65. The third-order valence-electron chi connectivity index (χ3n) is 0.852. The molecule has 44 valence electrons. The fraction of sp³-hybridized carbons (Fsp3) is 0.500. The second-order valence-electron chi connectivity index (χ2n) is 2.04. The van der Waals surface area contributed by atoms with Crippen LogP contribution in [0.25, 0.3) is 0 Å². The summed E-state index contributed by atoms with van der Waals surface area (Å²) in [5, 5.41) is -0.486. The largest absolute Gasteiger partial charge is 0.280 e. The predicted octanol–water partition coefficient (Wildman–Crippen LogP) is 1.41. The molecule has 0 fully saturated rings. The maximum atomic E-state index is 10.3. The van der Waals surface area contributed by atoms with Gasteiger partial charge in [-0.2, -0.15) is 0 Å². The van der Waals surface area contributed by atoms with Crippen LogP contribution >= 0.6 is 11.6 Å². The highest BCUT2D eigenvalue weighted by Gasteiger charge is 2.21. The van der Waals surface area contributed by atoms with E-state index in [4.69, 9.17) is 18.0 Å². The maximum Gasteiger partial charge on any atom is 0.239 e. The predicted molar refractivity (Wildman–Crippen MR) is 33.5 cm³/mol. The minimum atomic E-state index is -0.804. The third kappa shape index (κ3) is 1.55. The molecule has 0 rings (SSSR count). The molecular weight excluding hydrogens is 124 g/mol. The molecule has 0 aliphatic rings. The Morgan fingerprint density at radius 3 is 2.12 bits per heavy atom. The van der Waals surface area contributed by atoms with E-state index in [-0.39, 0.29) is 0 Å². The SMILES string of the molecule is C#CC(C)(C)C(=O)Cl. The van der Waals surface area contributed by atoms with Crippen molar-refractivity contribution in [3.05, 3.63) is 0 Å². The molecule has 0 radical (unpaired) electrons. The summed E-state index contributed by atoms with van der Waals surface area (Å²) in [5.41, 5.74) is -0.804. The summed E-state index contributed by atoms with van der Waals surface area (Å²) in [6.07, 6.45) is 4.95. The summed E-state index contributed by atoms with van der Waals surface area (Å²) in [6, 6.07) is 0. The van der Waals surface area contributed by atoms with E-state index in [0.29, 0.717) is 0 Å². The van der Waals surface area contributed by atoms with E-state index in [9.17, 15) is 4.79 Å². The van der Waals surface area contributed by atoms with Crippen molar-refractivity contribution in [1.29, 1.82) is 0 Å². The average Bonchev–Trinajstić information content (AvgIpc) is 1.67. The van der Waals surface area contributed by atoms with Crippen LogP contribution in [-0.2, 0) is 4.79 Å². The van der Waals surface area contributed by atoms with Gasteiger partial charge in [-0.1, -0.05) is 5.92 Å². The summed E-state index contributed by atoms with van der Waals surface area (Å²) < 4.78 is 0. The topological polar surface area (TPSA) is 17.1 Å². The molecular formula is C6H7ClO. The van der Waals surface area contributed by atoms with Crippen molar-refractivity contribution in [1.82, 2.24) is 0 Å². The molecule has 1 nitrogen and oxygen atoms in total. The van der Waals surface area contributed by atoms with Crippen LogP contribution in [0, 0.1) is 17.8 Å². The van der Waals surface area contributed by atoms with Gasteiger partial charge in [-0.3, -0.25) is 4.79 Å². The zero-order valence-electron chi connectivity index (χ0n) is 4.86. The van der Waals surface area contributed by atoms with Gasteiger partial charge in [0.2, 0.25) is 5.24 Å². The molecule has 0 bridgehead atoms. The summed E-state index contributed by atoms with van der Waals surface area (Å²) in [7, 11) is 0. The van der Waals surface area contributed by atoms with Gasteiger partial charge in [0.05, 0.1) is 5.41 Å². The minimum Gasteiger partial charge on any atom is -0.280 e. The Morgan fingerprint density at radius 1 is 1.75 bits per heavy atom. The van der Waals surface area contributed by atoms with E-state index in [1.54, 1.807) is 13.8 Å². The van der Waals surface area contributed by atoms with Crippen LogP contribution in [0.4, 0.5) is 0 Å². The Morgan fingerprint density at radius 2 is 2.12 bits per heavy atom. The van der Waals surface area contributed by atoms with E-state index in [0.717, 1.165) is 0 Å². The molecule has 0 N–H and O–H groups in total. The molecule has 0 unspecified atom stereocenters. The second kappa shape index (κ2) is 2.19. The second-order valence-corrected chi connectivity index (χ2v) is 2.39. The lowest BCUT2D eigenvalue weighted by Crippen LogP contribution is -2.15. The number of carbonyl (C=O) groups is 1. The van der Waals surface area contributed by atoms with Gasteiger partial charge in [0.1, 0.15) is 0 Å². The molecule has 0 aliphatic carbocycles. The van der Waals surface area contributed by atoms with Crippen molar-refractivity contribution in [3.63, 3.8) is 0 Å². The van der Waals surface area contributed by atoms with E-state index in [1.807, 2.05) is 0 Å². The summed E-state index contributed by atoms with van der Waals surface area (Å²) >= 11 is 5.09. The first-order valence-corrected chi connectivity index (χ1v) is 2.56. The highest BCUT2D eigenvalue weighted by Crippen LogP contribution is 2.15. The minimum absolute atomic E-state index is 0.486. The van der Waals surface area contributed by atoms with Gasteiger partial charge in [0.15, 0.2) is 0 Å². The first kappa shape index (κ1) is 7.52. The Hall–Kier alpha value is -0.480. The number of halogens is 1. The van der Waals surface area contributed by atoms with Gasteiger partial charge >= 0.3 is 0 Å². The summed E-state index contributed by atoms with van der Waals surface area (Å²) in [6.45, 7) is 3.20. The lowest BCUT2D eigenvalue weighted by molar-refractivity contribution is -0.116. The normalized spacial score (nSPS) is 10.2. The van der Waals surface area contributed by atoms with Gasteiger partial charge in [-0.25, -0.2) is 0 Å². The Balaban J connectivity index is 4.19. The van der Waals surface area contributed by atoms with E-state index >= 15 is 0 Å². The molecule has 0 heterocycles. The van der Waals surface area contributed by atoms with Gasteiger partial charge < -0.3 is 0 Å². The average molecular weight is 131 g/mol. The van der Waals surface area contributed by atoms with Crippen LogP contribution in [0.1, 0.15) is 13.8 Å². The van der Waals surface area contributed by atoms with Crippen LogP contribution in [0.2, 0.25) is 0 Å². The highest BCUT2D eigenvalue weighted by atomic mass is 35.5. The molecule has 0 aromatic rings. The number of terminal acetylenes is 1.